The molecule has 0 aromatic heterocycles. The van der Waals surface area contributed by atoms with E-state index in [1.165, 1.54) is 49.9 Å². The van der Waals surface area contributed by atoms with Crippen molar-refractivity contribution in [3.8, 4) is 16.9 Å². The van der Waals surface area contributed by atoms with Gasteiger partial charge in [0.05, 0.1) is 0 Å². The lowest BCUT2D eigenvalue weighted by Crippen LogP contribution is -2.29. The molecule has 0 spiro atoms. The van der Waals surface area contributed by atoms with E-state index in [0.717, 1.165) is 18.9 Å². The first-order valence-electron chi connectivity index (χ1n) is 8.43. The first-order valence-corrected chi connectivity index (χ1v) is 8.43. The zero-order valence-corrected chi connectivity index (χ0v) is 13.2. The molecule has 2 aromatic rings. The molecule has 0 amide bonds. The van der Waals surface area contributed by atoms with Gasteiger partial charge in [0.15, 0.2) is 0 Å². The molecule has 2 aromatic carbocycles. The van der Waals surface area contributed by atoms with E-state index in [9.17, 15) is 0 Å². The van der Waals surface area contributed by atoms with Crippen LogP contribution in [0.2, 0.25) is 0 Å². The highest BCUT2D eigenvalue weighted by Gasteiger charge is 2.10. The molecule has 2 heteroatoms. The number of hydrogen-bond acceptors (Lipinski definition) is 2. The number of likely N-dealkylation sites (tertiary alicyclic amines) is 1. The second kappa shape index (κ2) is 8.00. The first kappa shape index (κ1) is 15.1. The maximum absolute atomic E-state index is 6.09. The van der Waals surface area contributed by atoms with E-state index in [1.54, 1.807) is 0 Å². The highest BCUT2D eigenvalue weighted by molar-refractivity contribution is 5.70. The summed E-state index contributed by atoms with van der Waals surface area (Å²) < 4.78 is 6.09. The van der Waals surface area contributed by atoms with Crippen LogP contribution in [-0.2, 0) is 0 Å². The molecule has 1 saturated heterocycles. The minimum Gasteiger partial charge on any atom is -0.492 e. The second-order valence-electron chi connectivity index (χ2n) is 5.97. The van der Waals surface area contributed by atoms with Crippen molar-refractivity contribution in [3.05, 3.63) is 54.6 Å². The molecule has 0 saturated carbocycles. The summed E-state index contributed by atoms with van der Waals surface area (Å²) in [5.74, 6) is 0.989. The lowest BCUT2D eigenvalue weighted by Gasteiger charge is -2.20. The molecule has 22 heavy (non-hydrogen) atoms. The Kier molecular flexibility index (Phi) is 5.49. The largest absolute Gasteiger partial charge is 0.492 e. The molecule has 0 bridgehead atoms. The molecule has 0 atom stereocenters. The number of hydrogen-bond donors (Lipinski definition) is 0. The predicted octanol–water partition coefficient (Wildman–Crippen LogP) is 4.61. The Morgan fingerprint density at radius 1 is 0.773 bits per heavy atom. The summed E-state index contributed by atoms with van der Waals surface area (Å²) in [6, 6.07) is 18.8. The van der Waals surface area contributed by atoms with Crippen LogP contribution >= 0.6 is 0 Å². The maximum atomic E-state index is 6.09. The monoisotopic (exact) mass is 295 g/mol. The third kappa shape index (κ3) is 4.11. The fourth-order valence-corrected chi connectivity index (χ4v) is 3.09. The molecule has 1 fully saturated rings. The van der Waals surface area contributed by atoms with Gasteiger partial charge in [-0.05, 0) is 37.6 Å². The van der Waals surface area contributed by atoms with Crippen molar-refractivity contribution >= 4 is 0 Å². The highest BCUT2D eigenvalue weighted by Crippen LogP contribution is 2.29. The zero-order chi connectivity index (χ0) is 15.0. The number of para-hydroxylation sites is 1. The lowest BCUT2D eigenvalue weighted by atomic mass is 10.1. The number of benzene rings is 2. The van der Waals surface area contributed by atoms with Crippen LogP contribution in [0.5, 0.6) is 5.75 Å². The summed E-state index contributed by atoms with van der Waals surface area (Å²) >= 11 is 0. The standard InChI is InChI=1S/C20H25NO/c1-2-9-15-21(14-8-1)16-17-22-20-13-7-6-12-19(20)18-10-4-3-5-11-18/h3-7,10-13H,1-2,8-9,14-17H2. The molecule has 2 nitrogen and oxygen atoms in total. The van der Waals surface area contributed by atoms with Crippen LogP contribution in [0.25, 0.3) is 11.1 Å². The van der Waals surface area contributed by atoms with E-state index < -0.39 is 0 Å². The van der Waals surface area contributed by atoms with Gasteiger partial charge in [0, 0.05) is 12.1 Å². The topological polar surface area (TPSA) is 12.5 Å². The fraction of sp³-hybridized carbons (Fsp3) is 0.400. The number of ether oxygens (including phenoxy) is 1. The molecule has 0 N–H and O–H groups in total. The Morgan fingerprint density at radius 3 is 2.23 bits per heavy atom. The minimum atomic E-state index is 0.768. The predicted molar refractivity (Wildman–Crippen MR) is 92.3 cm³/mol. The first-order chi connectivity index (χ1) is 10.9. The SMILES string of the molecule is c1ccc(-c2ccccc2OCCN2CCCCCC2)cc1. The van der Waals surface area contributed by atoms with Crippen LogP contribution in [0, 0.1) is 0 Å². The van der Waals surface area contributed by atoms with Gasteiger partial charge in [-0.1, -0.05) is 61.4 Å². The third-order valence-corrected chi connectivity index (χ3v) is 4.34. The van der Waals surface area contributed by atoms with Gasteiger partial charge in [-0.15, -0.1) is 0 Å². The van der Waals surface area contributed by atoms with E-state index in [1.807, 2.05) is 12.1 Å². The van der Waals surface area contributed by atoms with Crippen LogP contribution in [0.15, 0.2) is 54.6 Å². The Hall–Kier alpha value is -1.80. The molecule has 1 heterocycles. The van der Waals surface area contributed by atoms with E-state index in [-0.39, 0.29) is 0 Å². The van der Waals surface area contributed by atoms with Crippen LogP contribution < -0.4 is 4.74 Å². The Labute approximate surface area is 133 Å². The zero-order valence-electron chi connectivity index (χ0n) is 13.2. The molecular weight excluding hydrogens is 270 g/mol. The second-order valence-corrected chi connectivity index (χ2v) is 5.97. The quantitative estimate of drug-likeness (QED) is 0.799. The Balaban J connectivity index is 1.61. The van der Waals surface area contributed by atoms with Gasteiger partial charge >= 0.3 is 0 Å². The average molecular weight is 295 g/mol. The number of nitrogens with zero attached hydrogens (tertiary/aromatic N) is 1. The van der Waals surface area contributed by atoms with Gasteiger partial charge in [0.1, 0.15) is 12.4 Å². The van der Waals surface area contributed by atoms with Crippen LogP contribution in [0.3, 0.4) is 0 Å². The average Bonchev–Trinajstić information content (AvgIpc) is 2.85. The van der Waals surface area contributed by atoms with Crippen molar-refractivity contribution in [3.63, 3.8) is 0 Å². The van der Waals surface area contributed by atoms with Crippen molar-refractivity contribution in [2.24, 2.45) is 0 Å². The van der Waals surface area contributed by atoms with Gasteiger partial charge in [0.2, 0.25) is 0 Å². The molecule has 1 aliphatic heterocycles. The van der Waals surface area contributed by atoms with E-state index in [2.05, 4.69) is 47.4 Å². The molecule has 0 unspecified atom stereocenters. The number of rotatable bonds is 5. The van der Waals surface area contributed by atoms with Gasteiger partial charge in [-0.3, -0.25) is 4.90 Å². The molecule has 1 aliphatic rings. The molecule has 3 rings (SSSR count). The Morgan fingerprint density at radius 2 is 1.45 bits per heavy atom. The van der Waals surface area contributed by atoms with Crippen LogP contribution in [0.4, 0.5) is 0 Å². The highest BCUT2D eigenvalue weighted by atomic mass is 16.5. The van der Waals surface area contributed by atoms with Crippen molar-refractivity contribution in [2.75, 3.05) is 26.2 Å². The summed E-state index contributed by atoms with van der Waals surface area (Å²) in [7, 11) is 0. The van der Waals surface area contributed by atoms with Gasteiger partial charge in [0.25, 0.3) is 0 Å². The fourth-order valence-electron chi connectivity index (χ4n) is 3.09. The van der Waals surface area contributed by atoms with Crippen LogP contribution in [-0.4, -0.2) is 31.1 Å². The minimum absolute atomic E-state index is 0.768. The van der Waals surface area contributed by atoms with E-state index >= 15 is 0 Å². The Bertz CT molecular complexity index is 559. The van der Waals surface area contributed by atoms with E-state index in [4.69, 9.17) is 4.74 Å². The summed E-state index contributed by atoms with van der Waals surface area (Å²) in [6.07, 6.45) is 5.43. The van der Waals surface area contributed by atoms with Crippen molar-refractivity contribution in [1.29, 1.82) is 0 Å². The van der Waals surface area contributed by atoms with Gasteiger partial charge in [-0.2, -0.15) is 0 Å². The summed E-state index contributed by atoms with van der Waals surface area (Å²) in [4.78, 5) is 2.54. The summed E-state index contributed by atoms with van der Waals surface area (Å²) in [6.45, 7) is 4.25. The van der Waals surface area contributed by atoms with Crippen LogP contribution in [0.1, 0.15) is 25.7 Å². The summed E-state index contributed by atoms with van der Waals surface area (Å²) in [5.41, 5.74) is 2.40. The normalized spacial score (nSPS) is 16.2. The van der Waals surface area contributed by atoms with Crippen molar-refractivity contribution < 1.29 is 4.74 Å². The third-order valence-electron chi connectivity index (χ3n) is 4.34. The van der Waals surface area contributed by atoms with Crippen molar-refractivity contribution in [2.45, 2.75) is 25.7 Å². The summed E-state index contributed by atoms with van der Waals surface area (Å²) in [5, 5.41) is 0. The van der Waals surface area contributed by atoms with E-state index in [0.29, 0.717) is 0 Å². The lowest BCUT2D eigenvalue weighted by molar-refractivity contribution is 0.214. The molecule has 0 aliphatic carbocycles. The molecule has 0 radical (unpaired) electrons. The molecular formula is C20H25NO. The van der Waals surface area contributed by atoms with Gasteiger partial charge in [-0.25, -0.2) is 0 Å². The maximum Gasteiger partial charge on any atom is 0.127 e. The smallest absolute Gasteiger partial charge is 0.127 e. The molecule has 116 valence electrons. The van der Waals surface area contributed by atoms with Gasteiger partial charge < -0.3 is 4.74 Å². The van der Waals surface area contributed by atoms with Crippen molar-refractivity contribution in [1.82, 2.24) is 4.90 Å².